The summed E-state index contributed by atoms with van der Waals surface area (Å²) < 4.78 is 41.0. The number of hydrogen-bond donors (Lipinski definition) is 2. The molecule has 1 heterocycles. The molecular weight excluding hydrogens is 399 g/mol. The van der Waals surface area contributed by atoms with Crippen molar-refractivity contribution in [2.75, 3.05) is 18.0 Å². The van der Waals surface area contributed by atoms with Crippen LogP contribution in [0.3, 0.4) is 0 Å². The Kier molecular flexibility index (Phi) is 7.16. The number of amides is 2. The van der Waals surface area contributed by atoms with Crippen LogP contribution in [0.1, 0.15) is 25.7 Å². The van der Waals surface area contributed by atoms with E-state index in [1.165, 1.54) is 23.1 Å². The van der Waals surface area contributed by atoms with Crippen molar-refractivity contribution in [2.45, 2.75) is 38.1 Å². The van der Waals surface area contributed by atoms with Gasteiger partial charge in [-0.3, -0.25) is 9.59 Å². The van der Waals surface area contributed by atoms with Gasteiger partial charge >= 0.3 is 6.36 Å². The van der Waals surface area contributed by atoms with E-state index in [1.807, 2.05) is 0 Å². The second-order valence-electron chi connectivity index (χ2n) is 6.92. The van der Waals surface area contributed by atoms with E-state index >= 15 is 0 Å². The van der Waals surface area contributed by atoms with Crippen LogP contribution in [-0.2, 0) is 9.59 Å². The van der Waals surface area contributed by atoms with Crippen molar-refractivity contribution < 1.29 is 27.5 Å². The molecule has 1 aliphatic heterocycles. The van der Waals surface area contributed by atoms with E-state index in [1.54, 1.807) is 0 Å². The second-order valence-corrected chi connectivity index (χ2v) is 6.92. The molecule has 0 radical (unpaired) electrons. The number of benzene rings is 1. The fourth-order valence-electron chi connectivity index (χ4n) is 3.86. The molecule has 1 saturated heterocycles. The van der Waals surface area contributed by atoms with Crippen molar-refractivity contribution in [3.8, 4) is 5.75 Å². The maximum atomic E-state index is 12.6. The Morgan fingerprint density at radius 2 is 2.04 bits per heavy atom. The third-order valence-electron chi connectivity index (χ3n) is 5.18. The minimum absolute atomic E-state index is 0. The molecule has 0 bridgehead atoms. The number of ether oxygens (including phenoxy) is 1. The molecule has 2 amide bonds. The smallest absolute Gasteiger partial charge is 0.406 e. The fraction of sp³-hybridized carbons (Fsp3) is 0.556. The molecule has 0 aromatic heterocycles. The third-order valence-corrected chi connectivity index (χ3v) is 5.18. The Morgan fingerprint density at radius 1 is 1.29 bits per heavy atom. The standard InChI is InChI=1S/C18H22F3N3O3.ClH/c19-18(20,21)27-13-5-2-4-12(9-13)24-8-7-15(17(24)26)23-16(25)14-6-1-3-11(14)10-22;/h2,4-5,9,11,14-15H,1,3,6-8,10,22H2,(H,23,25);1H/t11-,14-,15?;/m1./s1. The molecule has 1 aliphatic carbocycles. The molecule has 3 rings (SSSR count). The van der Waals surface area contributed by atoms with Gasteiger partial charge in [-0.05, 0) is 43.9 Å². The maximum absolute atomic E-state index is 12.6. The first kappa shape index (κ1) is 22.3. The molecule has 1 saturated carbocycles. The van der Waals surface area contributed by atoms with Gasteiger partial charge in [-0.2, -0.15) is 0 Å². The van der Waals surface area contributed by atoms with Gasteiger partial charge < -0.3 is 20.7 Å². The fourth-order valence-corrected chi connectivity index (χ4v) is 3.86. The molecule has 1 unspecified atom stereocenters. The van der Waals surface area contributed by atoms with Crippen molar-refractivity contribution in [3.05, 3.63) is 24.3 Å². The van der Waals surface area contributed by atoms with E-state index in [0.29, 0.717) is 25.2 Å². The summed E-state index contributed by atoms with van der Waals surface area (Å²) in [6, 6.07) is 4.58. The highest BCUT2D eigenvalue weighted by Crippen LogP contribution is 2.32. The quantitative estimate of drug-likeness (QED) is 0.765. The predicted octanol–water partition coefficient (Wildman–Crippen LogP) is 2.60. The van der Waals surface area contributed by atoms with E-state index in [2.05, 4.69) is 10.1 Å². The van der Waals surface area contributed by atoms with Gasteiger partial charge in [0.15, 0.2) is 0 Å². The van der Waals surface area contributed by atoms with Gasteiger partial charge in [0.1, 0.15) is 11.8 Å². The van der Waals surface area contributed by atoms with Crippen molar-refractivity contribution in [1.82, 2.24) is 5.32 Å². The first-order valence-electron chi connectivity index (χ1n) is 8.96. The highest BCUT2D eigenvalue weighted by Gasteiger charge is 2.38. The van der Waals surface area contributed by atoms with Crippen LogP contribution < -0.4 is 20.7 Å². The van der Waals surface area contributed by atoms with Crippen LogP contribution in [-0.4, -0.2) is 37.3 Å². The number of hydrogen-bond acceptors (Lipinski definition) is 4. The summed E-state index contributed by atoms with van der Waals surface area (Å²) in [7, 11) is 0. The SMILES string of the molecule is Cl.NC[C@H]1CCC[C@H]1C(=O)NC1CCN(c2cccc(OC(F)(F)F)c2)C1=O. The van der Waals surface area contributed by atoms with Crippen LogP contribution in [0.15, 0.2) is 24.3 Å². The van der Waals surface area contributed by atoms with Gasteiger partial charge in [0.25, 0.3) is 0 Å². The van der Waals surface area contributed by atoms with E-state index in [0.717, 1.165) is 25.3 Å². The van der Waals surface area contributed by atoms with Gasteiger partial charge in [-0.15, -0.1) is 25.6 Å². The summed E-state index contributed by atoms with van der Waals surface area (Å²) in [6.07, 6.45) is -1.79. The first-order chi connectivity index (χ1) is 12.8. The van der Waals surface area contributed by atoms with Gasteiger partial charge in [0.2, 0.25) is 11.8 Å². The molecule has 3 N–H and O–H groups in total. The number of carbonyl (C=O) groups excluding carboxylic acids is 2. The zero-order valence-corrected chi connectivity index (χ0v) is 15.9. The van der Waals surface area contributed by atoms with Gasteiger partial charge in [-0.1, -0.05) is 12.5 Å². The van der Waals surface area contributed by atoms with Gasteiger partial charge in [-0.25, -0.2) is 0 Å². The molecule has 1 aromatic rings. The van der Waals surface area contributed by atoms with Crippen LogP contribution in [0.2, 0.25) is 0 Å². The molecule has 2 fully saturated rings. The van der Waals surface area contributed by atoms with Gasteiger partial charge in [0, 0.05) is 24.2 Å². The molecule has 10 heteroatoms. The number of carbonyl (C=O) groups is 2. The summed E-state index contributed by atoms with van der Waals surface area (Å²) >= 11 is 0. The maximum Gasteiger partial charge on any atom is 0.573 e. The molecule has 3 atom stereocenters. The van der Waals surface area contributed by atoms with Gasteiger partial charge in [0.05, 0.1) is 0 Å². The highest BCUT2D eigenvalue weighted by atomic mass is 35.5. The van der Waals surface area contributed by atoms with E-state index in [9.17, 15) is 22.8 Å². The first-order valence-corrected chi connectivity index (χ1v) is 8.96. The number of nitrogens with zero attached hydrogens (tertiary/aromatic N) is 1. The van der Waals surface area contributed by atoms with Crippen molar-refractivity contribution in [3.63, 3.8) is 0 Å². The predicted molar refractivity (Wildman–Crippen MR) is 99.2 cm³/mol. The lowest BCUT2D eigenvalue weighted by molar-refractivity contribution is -0.274. The summed E-state index contributed by atoms with van der Waals surface area (Å²) in [4.78, 5) is 26.5. The average molecular weight is 422 g/mol. The summed E-state index contributed by atoms with van der Waals surface area (Å²) in [5, 5.41) is 2.79. The number of alkyl halides is 3. The molecule has 0 spiro atoms. The Morgan fingerprint density at radius 3 is 2.71 bits per heavy atom. The second kappa shape index (κ2) is 9.00. The monoisotopic (exact) mass is 421 g/mol. The zero-order valence-electron chi connectivity index (χ0n) is 15.1. The minimum Gasteiger partial charge on any atom is -0.406 e. The topological polar surface area (TPSA) is 84.7 Å². The summed E-state index contributed by atoms with van der Waals surface area (Å²) in [6.45, 7) is 0.749. The number of halogens is 4. The average Bonchev–Trinajstić information content (AvgIpc) is 3.21. The zero-order chi connectivity index (χ0) is 19.6. The van der Waals surface area contributed by atoms with Crippen LogP contribution in [0.5, 0.6) is 5.75 Å². The molecule has 1 aromatic carbocycles. The van der Waals surface area contributed by atoms with Crippen molar-refractivity contribution in [2.24, 2.45) is 17.6 Å². The van der Waals surface area contributed by atoms with E-state index in [4.69, 9.17) is 5.73 Å². The van der Waals surface area contributed by atoms with Crippen molar-refractivity contribution in [1.29, 1.82) is 0 Å². The third kappa shape index (κ3) is 5.08. The number of nitrogens with one attached hydrogen (secondary N) is 1. The Bertz CT molecular complexity index is 717. The Labute approximate surface area is 167 Å². The summed E-state index contributed by atoms with van der Waals surface area (Å²) in [5.41, 5.74) is 6.01. The molecule has 28 heavy (non-hydrogen) atoms. The van der Waals surface area contributed by atoms with E-state index in [-0.39, 0.29) is 36.1 Å². The molecular formula is C18H23ClF3N3O3. The largest absolute Gasteiger partial charge is 0.573 e. The number of anilines is 1. The molecule has 2 aliphatic rings. The van der Waals surface area contributed by atoms with Crippen LogP contribution in [0.25, 0.3) is 0 Å². The lowest BCUT2D eigenvalue weighted by Gasteiger charge is -2.21. The van der Waals surface area contributed by atoms with E-state index < -0.39 is 18.2 Å². The molecule has 156 valence electrons. The van der Waals surface area contributed by atoms with Crippen molar-refractivity contribution >= 4 is 29.9 Å². The van der Waals surface area contributed by atoms with Crippen LogP contribution in [0, 0.1) is 11.8 Å². The Balaban J connectivity index is 0.00000280. The highest BCUT2D eigenvalue weighted by molar-refractivity contribution is 6.01. The van der Waals surface area contributed by atoms with Crippen LogP contribution >= 0.6 is 12.4 Å². The number of rotatable bonds is 5. The Hall–Kier alpha value is -2.00. The molecule has 6 nitrogen and oxygen atoms in total. The lowest BCUT2D eigenvalue weighted by Crippen LogP contribution is -2.45. The van der Waals surface area contributed by atoms with Crippen LogP contribution in [0.4, 0.5) is 18.9 Å². The summed E-state index contributed by atoms with van der Waals surface area (Å²) in [5.74, 6) is -0.946. The minimum atomic E-state index is -4.80. The normalized spacial score (nSPS) is 24.8. The lowest BCUT2D eigenvalue weighted by atomic mass is 9.95. The number of nitrogens with two attached hydrogens (primary N) is 1.